The maximum Gasteiger partial charge on any atom is 0.164 e. The number of hydrogen-bond acceptors (Lipinski definition) is 3. The molecule has 20 rings (SSSR count). The lowest BCUT2D eigenvalue weighted by Crippen LogP contribution is -2.15. The normalized spacial score (nSPS) is 13.4. The first-order chi connectivity index (χ1) is 48.6. The zero-order valence-corrected chi connectivity index (χ0v) is 55.2. The van der Waals surface area contributed by atoms with Crippen LogP contribution in [0.5, 0.6) is 0 Å². The summed E-state index contributed by atoms with van der Waals surface area (Å²) in [6.45, 7) is 9.45. The van der Waals surface area contributed by atoms with Crippen molar-refractivity contribution in [3.05, 3.63) is 338 Å². The fourth-order valence-corrected chi connectivity index (χ4v) is 16.7. The van der Waals surface area contributed by atoms with Crippen LogP contribution in [0, 0.1) is 0 Å². The van der Waals surface area contributed by atoms with E-state index in [1.165, 1.54) is 110 Å². The van der Waals surface area contributed by atoms with Gasteiger partial charge in [-0.3, -0.25) is 0 Å². The fourth-order valence-electron chi connectivity index (χ4n) is 16.7. The van der Waals surface area contributed by atoms with Crippen molar-refractivity contribution in [1.82, 2.24) is 28.7 Å². The van der Waals surface area contributed by atoms with Gasteiger partial charge in [0.2, 0.25) is 0 Å². The quantitative estimate of drug-likeness (QED) is 0.145. The largest absolute Gasteiger partial charge is 0.309 e. The standard InChI is InChI=1S/C93H64N6/c1-92(2)79-27-15-11-23-69(79)71-45-43-67(55-81(71)92)98-83-29-17-13-25-73(83)75-51-62(37-47-85(75)98)64-39-49-87-77(53-64)78-54-65(63-38-48-86-76(52-63)74-26-14-18-30-84(74)99(86)68-44-46-72-70-24-12-16-28-80(70)93(3,4)82(72)56-68)40-50-88(78)97(87)66-41-35-61(36-42-66)91-95-89(59-21-9-6-10-22-59)94-90(96-91)60-33-31-58(32-34-60)57-19-7-5-8-20-57/h5-56H,1-4H3. The van der Waals surface area contributed by atoms with Crippen LogP contribution in [0.15, 0.2) is 315 Å². The van der Waals surface area contributed by atoms with Crippen LogP contribution in [0.3, 0.4) is 0 Å². The Labute approximate surface area is 573 Å². The zero-order valence-electron chi connectivity index (χ0n) is 55.2. The van der Waals surface area contributed by atoms with Crippen molar-refractivity contribution in [2.45, 2.75) is 38.5 Å². The Morgan fingerprint density at radius 1 is 0.202 bits per heavy atom. The van der Waals surface area contributed by atoms with Crippen molar-refractivity contribution in [3.8, 4) is 107 Å². The molecule has 0 fully saturated rings. The van der Waals surface area contributed by atoms with Crippen LogP contribution in [0.1, 0.15) is 49.9 Å². The third-order valence-corrected chi connectivity index (χ3v) is 21.7. The van der Waals surface area contributed by atoms with Gasteiger partial charge in [-0.15, -0.1) is 0 Å². The molecule has 0 aliphatic heterocycles. The zero-order chi connectivity index (χ0) is 65.8. The SMILES string of the molecule is CC1(C)c2ccccc2-c2ccc(-n3c4ccccc4c4cc(-c5ccc6c(c5)c5cc(-c7ccc8c(c7)c7ccccc7n8-c7ccc8c(c7)C(C)(C)c7ccccc7-8)ccc5n6-c5ccc(-c6nc(-c7ccccc7)nc(-c7ccc(-c8ccccc8)cc7)n6)cc5)ccc43)cc21. The molecule has 4 aromatic heterocycles. The highest BCUT2D eigenvalue weighted by Crippen LogP contribution is 2.52. The van der Waals surface area contributed by atoms with Gasteiger partial charge < -0.3 is 13.7 Å². The minimum absolute atomic E-state index is 0.116. The van der Waals surface area contributed by atoms with E-state index in [4.69, 9.17) is 15.0 Å². The van der Waals surface area contributed by atoms with Gasteiger partial charge in [0.15, 0.2) is 17.5 Å². The molecule has 6 heteroatoms. The number of fused-ring (bicyclic) bond motifs is 15. The molecule has 0 saturated carbocycles. The molecule has 0 unspecified atom stereocenters. The van der Waals surface area contributed by atoms with Crippen molar-refractivity contribution in [2.24, 2.45) is 0 Å². The number of benzene rings is 14. The summed E-state index contributed by atoms with van der Waals surface area (Å²) in [6, 6.07) is 116. The molecule has 99 heavy (non-hydrogen) atoms. The number of nitrogens with zero attached hydrogens (tertiary/aromatic N) is 6. The van der Waals surface area contributed by atoms with E-state index < -0.39 is 0 Å². The van der Waals surface area contributed by atoms with Crippen molar-refractivity contribution in [2.75, 3.05) is 0 Å². The molecule has 2 aliphatic carbocycles. The third kappa shape index (κ3) is 8.72. The van der Waals surface area contributed by atoms with E-state index in [0.29, 0.717) is 17.5 Å². The van der Waals surface area contributed by atoms with Crippen LogP contribution in [0.25, 0.3) is 172 Å². The molecule has 0 saturated heterocycles. The van der Waals surface area contributed by atoms with Gasteiger partial charge in [0.05, 0.1) is 33.1 Å². The number of rotatable bonds is 9. The molecule has 18 aromatic rings. The number of para-hydroxylation sites is 2. The molecular formula is C93H64N6. The van der Waals surface area contributed by atoms with Crippen molar-refractivity contribution in [3.63, 3.8) is 0 Å². The maximum absolute atomic E-state index is 5.19. The second-order valence-corrected chi connectivity index (χ2v) is 27.9. The van der Waals surface area contributed by atoms with E-state index >= 15 is 0 Å². The summed E-state index contributed by atoms with van der Waals surface area (Å²) in [5.41, 5.74) is 30.6. The third-order valence-electron chi connectivity index (χ3n) is 21.7. The van der Waals surface area contributed by atoms with Gasteiger partial charge in [0.25, 0.3) is 0 Å². The van der Waals surface area contributed by atoms with Crippen LogP contribution in [0.2, 0.25) is 0 Å². The van der Waals surface area contributed by atoms with E-state index in [-0.39, 0.29) is 10.8 Å². The molecule has 0 bridgehead atoms. The Balaban J connectivity index is 0.724. The van der Waals surface area contributed by atoms with Gasteiger partial charge in [0, 0.05) is 76.9 Å². The van der Waals surface area contributed by atoms with E-state index in [2.05, 4.69) is 333 Å². The summed E-state index contributed by atoms with van der Waals surface area (Å²) >= 11 is 0. The topological polar surface area (TPSA) is 53.5 Å². The predicted octanol–water partition coefficient (Wildman–Crippen LogP) is 23.8. The van der Waals surface area contributed by atoms with Gasteiger partial charge in [-0.25, -0.2) is 15.0 Å². The van der Waals surface area contributed by atoms with Crippen LogP contribution in [-0.4, -0.2) is 28.7 Å². The minimum atomic E-state index is -0.116. The summed E-state index contributed by atoms with van der Waals surface area (Å²) in [7, 11) is 0. The van der Waals surface area contributed by atoms with Crippen LogP contribution in [0.4, 0.5) is 0 Å². The van der Waals surface area contributed by atoms with Crippen molar-refractivity contribution < 1.29 is 0 Å². The van der Waals surface area contributed by atoms with E-state index in [1.54, 1.807) is 0 Å². The smallest absolute Gasteiger partial charge is 0.164 e. The first-order valence-electron chi connectivity index (χ1n) is 34.3. The molecule has 6 nitrogen and oxygen atoms in total. The molecule has 4 heterocycles. The van der Waals surface area contributed by atoms with Gasteiger partial charge in [-0.05, 0) is 187 Å². The van der Waals surface area contributed by atoms with Crippen molar-refractivity contribution in [1.29, 1.82) is 0 Å². The number of hydrogen-bond donors (Lipinski definition) is 0. The molecule has 0 amide bonds. The Kier molecular flexibility index (Phi) is 12.3. The Bertz CT molecular complexity index is 6100. The summed E-state index contributed by atoms with van der Waals surface area (Å²) in [4.78, 5) is 15.4. The Morgan fingerprint density at radius 2 is 0.485 bits per heavy atom. The molecule has 2 aliphatic rings. The van der Waals surface area contributed by atoms with Crippen molar-refractivity contribution >= 4 is 65.4 Å². The average Bonchev–Trinajstić information content (AvgIpc) is 1.58. The summed E-state index contributed by atoms with van der Waals surface area (Å²) in [5.74, 6) is 1.86. The molecule has 14 aromatic carbocycles. The van der Waals surface area contributed by atoms with Crippen LogP contribution < -0.4 is 0 Å². The predicted molar refractivity (Wildman–Crippen MR) is 411 cm³/mol. The first kappa shape index (κ1) is 56.8. The molecule has 466 valence electrons. The molecule has 0 radical (unpaired) electrons. The van der Waals surface area contributed by atoms with E-state index in [0.717, 1.165) is 66.8 Å². The lowest BCUT2D eigenvalue weighted by Gasteiger charge is -2.22. The van der Waals surface area contributed by atoms with E-state index in [1.807, 2.05) is 24.3 Å². The van der Waals surface area contributed by atoms with Gasteiger partial charge in [-0.1, -0.05) is 234 Å². The lowest BCUT2D eigenvalue weighted by atomic mass is 9.82. The maximum atomic E-state index is 5.19. The highest BCUT2D eigenvalue weighted by molar-refractivity contribution is 6.15. The van der Waals surface area contributed by atoms with Gasteiger partial charge >= 0.3 is 0 Å². The lowest BCUT2D eigenvalue weighted by molar-refractivity contribution is 0.660. The van der Waals surface area contributed by atoms with Crippen LogP contribution in [-0.2, 0) is 10.8 Å². The second kappa shape index (κ2) is 21.5. The van der Waals surface area contributed by atoms with Gasteiger partial charge in [-0.2, -0.15) is 0 Å². The highest BCUT2D eigenvalue weighted by atomic mass is 15.0. The van der Waals surface area contributed by atoms with E-state index in [9.17, 15) is 0 Å². The van der Waals surface area contributed by atoms with Crippen LogP contribution >= 0.6 is 0 Å². The molecule has 0 spiro atoms. The number of aromatic nitrogens is 6. The summed E-state index contributed by atoms with van der Waals surface area (Å²) in [6.07, 6.45) is 0. The molecular weight excluding hydrogens is 1200 g/mol. The first-order valence-corrected chi connectivity index (χ1v) is 34.3. The molecule has 0 atom stereocenters. The Morgan fingerprint density at radius 3 is 0.919 bits per heavy atom. The monoisotopic (exact) mass is 1260 g/mol. The fraction of sp³-hybridized carbons (Fsp3) is 0.0645. The Hall–Kier alpha value is -12.5. The summed E-state index contributed by atoms with van der Waals surface area (Å²) < 4.78 is 7.35. The molecule has 0 N–H and O–H groups in total. The highest BCUT2D eigenvalue weighted by Gasteiger charge is 2.37. The summed E-state index contributed by atoms with van der Waals surface area (Å²) in [5, 5.41) is 7.25. The van der Waals surface area contributed by atoms with Gasteiger partial charge in [0.1, 0.15) is 0 Å². The second-order valence-electron chi connectivity index (χ2n) is 27.9. The average molecular weight is 1270 g/mol. The minimum Gasteiger partial charge on any atom is -0.309 e.